The Labute approximate surface area is 174 Å². The van der Waals surface area contributed by atoms with Gasteiger partial charge in [-0.1, -0.05) is 24.3 Å². The van der Waals surface area contributed by atoms with Gasteiger partial charge in [-0.05, 0) is 45.8 Å². The molecule has 0 aliphatic heterocycles. The molecule has 0 aromatic heterocycles. The second-order valence-electron chi connectivity index (χ2n) is 5.26. The van der Waals surface area contributed by atoms with Crippen molar-refractivity contribution in [1.82, 2.24) is 5.43 Å². The number of carbonyl (C=O) groups excluding carboxylic acids is 1. The van der Waals surface area contributed by atoms with E-state index in [9.17, 15) is 14.9 Å². The number of methoxy groups -OCH3 is 1. The Morgan fingerprint density at radius 3 is 2.82 bits per heavy atom. The van der Waals surface area contributed by atoms with E-state index in [0.29, 0.717) is 28.1 Å². The normalized spacial score (nSPS) is 10.5. The third-order valence-electron chi connectivity index (χ3n) is 3.38. The smallest absolute Gasteiger partial charge is 0.288 e. The van der Waals surface area contributed by atoms with Crippen LogP contribution < -0.4 is 14.9 Å². The average molecular weight is 469 g/mol. The average Bonchev–Trinajstić information content (AvgIpc) is 2.66. The van der Waals surface area contributed by atoms with Crippen molar-refractivity contribution in [3.8, 4) is 11.5 Å². The summed E-state index contributed by atoms with van der Waals surface area (Å²) in [4.78, 5) is 22.4. The van der Waals surface area contributed by atoms with Gasteiger partial charge in [0.15, 0.2) is 11.5 Å². The maximum absolute atomic E-state index is 12.1. The molecule has 0 radical (unpaired) electrons. The third kappa shape index (κ3) is 5.30. The molecule has 8 nitrogen and oxygen atoms in total. The number of amides is 1. The summed E-state index contributed by atoms with van der Waals surface area (Å²) in [6.07, 6.45) is 3.00. The van der Waals surface area contributed by atoms with Crippen LogP contribution in [0.3, 0.4) is 0 Å². The minimum Gasteiger partial charge on any atom is -0.493 e. The molecule has 0 saturated heterocycles. The molecular weight excluding hydrogens is 454 g/mol. The molecule has 2 aromatic carbocycles. The lowest BCUT2D eigenvalue weighted by Gasteiger charge is -2.12. The Kier molecular flexibility index (Phi) is 7.53. The Hall–Kier alpha value is -2.91. The van der Waals surface area contributed by atoms with Gasteiger partial charge in [0.05, 0.1) is 22.7 Å². The molecule has 0 aliphatic rings. The molecule has 10 heteroatoms. The van der Waals surface area contributed by atoms with Crippen LogP contribution in [0.5, 0.6) is 11.5 Å². The van der Waals surface area contributed by atoms with Crippen LogP contribution in [0, 0.1) is 10.1 Å². The molecule has 1 N–H and O–H groups in total. The number of nitro groups is 1. The number of hydrogen-bond donors (Lipinski definition) is 1. The Morgan fingerprint density at radius 1 is 1.43 bits per heavy atom. The first kappa shape index (κ1) is 21.4. The van der Waals surface area contributed by atoms with Crippen molar-refractivity contribution in [2.24, 2.45) is 5.10 Å². The number of hydrogen-bond acceptors (Lipinski definition) is 6. The number of hydrazone groups is 1. The van der Waals surface area contributed by atoms with E-state index in [1.807, 2.05) is 0 Å². The van der Waals surface area contributed by atoms with Gasteiger partial charge in [0.1, 0.15) is 11.6 Å². The first-order valence-corrected chi connectivity index (χ1v) is 8.93. The lowest BCUT2D eigenvalue weighted by molar-refractivity contribution is -0.384. The zero-order valence-electron chi connectivity index (χ0n) is 14.6. The number of nitrogens with one attached hydrogen (secondary N) is 1. The van der Waals surface area contributed by atoms with Gasteiger partial charge in [0, 0.05) is 11.6 Å². The van der Waals surface area contributed by atoms with Crippen molar-refractivity contribution in [3.05, 3.63) is 73.7 Å². The fraction of sp³-hybridized carbons (Fsp3) is 0.111. The van der Waals surface area contributed by atoms with Gasteiger partial charge in [0.25, 0.3) is 11.6 Å². The van der Waals surface area contributed by atoms with Crippen molar-refractivity contribution < 1.29 is 19.2 Å². The summed E-state index contributed by atoms with van der Waals surface area (Å²) in [6, 6.07) is 7.13. The second kappa shape index (κ2) is 9.86. The number of halogens is 2. The largest absolute Gasteiger partial charge is 0.493 e. The van der Waals surface area contributed by atoms with Gasteiger partial charge in [-0.15, -0.1) is 0 Å². The molecule has 0 bridgehead atoms. The molecule has 1 amide bonds. The lowest BCUT2D eigenvalue weighted by atomic mass is 10.2. The molecule has 0 fully saturated rings. The predicted octanol–water partition coefficient (Wildman–Crippen LogP) is 4.35. The number of ether oxygens (including phenoxy) is 2. The van der Waals surface area contributed by atoms with E-state index in [4.69, 9.17) is 21.1 Å². The number of benzene rings is 2. The van der Waals surface area contributed by atoms with Crippen molar-refractivity contribution in [2.75, 3.05) is 13.7 Å². The molecule has 0 heterocycles. The van der Waals surface area contributed by atoms with Gasteiger partial charge in [0.2, 0.25) is 0 Å². The van der Waals surface area contributed by atoms with E-state index < -0.39 is 10.8 Å². The standard InChI is InChI=1S/C18H15BrClN3O5/c1-3-6-28-17-13(19)7-11(8-16(17)27-2)10-21-22-18(24)12-4-5-14(20)15(9-12)23(25)26/h3-5,7-10H,1,6H2,2H3,(H,22,24)/b21-10-. The third-order valence-corrected chi connectivity index (χ3v) is 4.29. The summed E-state index contributed by atoms with van der Waals surface area (Å²) in [5.74, 6) is 0.363. The van der Waals surface area contributed by atoms with Gasteiger partial charge in [-0.25, -0.2) is 5.43 Å². The number of nitro benzene ring substituents is 1. The first-order chi connectivity index (χ1) is 13.4. The van der Waals surface area contributed by atoms with Crippen LogP contribution in [-0.2, 0) is 0 Å². The summed E-state index contributed by atoms with van der Waals surface area (Å²) in [6.45, 7) is 3.90. The summed E-state index contributed by atoms with van der Waals surface area (Å²) in [5, 5.41) is 14.7. The van der Waals surface area contributed by atoms with Gasteiger partial charge < -0.3 is 9.47 Å². The van der Waals surface area contributed by atoms with Crippen molar-refractivity contribution >= 4 is 45.3 Å². The second-order valence-corrected chi connectivity index (χ2v) is 6.52. The van der Waals surface area contributed by atoms with E-state index in [1.54, 1.807) is 18.2 Å². The molecule has 0 spiro atoms. The monoisotopic (exact) mass is 467 g/mol. The van der Waals surface area contributed by atoms with E-state index in [2.05, 4.69) is 33.0 Å². The van der Waals surface area contributed by atoms with Crippen LogP contribution >= 0.6 is 27.5 Å². The van der Waals surface area contributed by atoms with Crippen LogP contribution in [-0.4, -0.2) is 30.8 Å². The van der Waals surface area contributed by atoms with Crippen LogP contribution in [0.2, 0.25) is 5.02 Å². The molecule has 146 valence electrons. The van der Waals surface area contributed by atoms with Crippen LogP contribution in [0.25, 0.3) is 0 Å². The topological polar surface area (TPSA) is 103 Å². The molecule has 0 saturated carbocycles. The fourth-order valence-electron chi connectivity index (χ4n) is 2.12. The Morgan fingerprint density at radius 2 is 2.18 bits per heavy atom. The van der Waals surface area contributed by atoms with Crippen LogP contribution in [0.15, 0.2) is 52.6 Å². The Bertz CT molecular complexity index is 949. The summed E-state index contributed by atoms with van der Waals surface area (Å²) < 4.78 is 11.5. The highest BCUT2D eigenvalue weighted by Gasteiger charge is 2.16. The number of carbonyl (C=O) groups is 1. The highest BCUT2D eigenvalue weighted by Crippen LogP contribution is 2.36. The quantitative estimate of drug-likeness (QED) is 0.268. The minimum absolute atomic E-state index is 0.0549. The van der Waals surface area contributed by atoms with Crippen molar-refractivity contribution in [3.63, 3.8) is 0 Å². The maximum Gasteiger partial charge on any atom is 0.288 e. The zero-order chi connectivity index (χ0) is 20.7. The molecule has 28 heavy (non-hydrogen) atoms. The van der Waals surface area contributed by atoms with E-state index in [1.165, 1.54) is 25.5 Å². The predicted molar refractivity (Wildman–Crippen MR) is 110 cm³/mol. The van der Waals surface area contributed by atoms with Crippen molar-refractivity contribution in [2.45, 2.75) is 0 Å². The minimum atomic E-state index is -0.665. The Balaban J connectivity index is 2.15. The summed E-state index contributed by atoms with van der Waals surface area (Å²) in [7, 11) is 1.50. The zero-order valence-corrected chi connectivity index (χ0v) is 17.0. The van der Waals surface area contributed by atoms with Gasteiger partial charge in [-0.2, -0.15) is 5.10 Å². The van der Waals surface area contributed by atoms with E-state index in [-0.39, 0.29) is 16.3 Å². The van der Waals surface area contributed by atoms with Gasteiger partial charge >= 0.3 is 0 Å². The van der Waals surface area contributed by atoms with E-state index >= 15 is 0 Å². The highest BCUT2D eigenvalue weighted by atomic mass is 79.9. The number of nitrogens with zero attached hydrogens (tertiary/aromatic N) is 2. The lowest BCUT2D eigenvalue weighted by Crippen LogP contribution is -2.17. The molecule has 0 atom stereocenters. The molecule has 2 aromatic rings. The van der Waals surface area contributed by atoms with Crippen LogP contribution in [0.1, 0.15) is 15.9 Å². The highest BCUT2D eigenvalue weighted by molar-refractivity contribution is 9.10. The molecule has 2 rings (SSSR count). The van der Waals surface area contributed by atoms with Crippen LogP contribution in [0.4, 0.5) is 5.69 Å². The molecular formula is C18H15BrClN3O5. The first-order valence-electron chi connectivity index (χ1n) is 7.76. The number of rotatable bonds is 8. The SMILES string of the molecule is C=CCOc1c(Br)cc(/C=N\NC(=O)c2ccc(Cl)c([N+](=O)[O-])c2)cc1OC. The van der Waals surface area contributed by atoms with Gasteiger partial charge in [-0.3, -0.25) is 14.9 Å². The van der Waals surface area contributed by atoms with E-state index in [0.717, 1.165) is 6.07 Å². The fourth-order valence-corrected chi connectivity index (χ4v) is 2.88. The van der Waals surface area contributed by atoms with Crippen molar-refractivity contribution in [1.29, 1.82) is 0 Å². The maximum atomic E-state index is 12.1. The molecule has 0 unspecified atom stereocenters. The summed E-state index contributed by atoms with van der Waals surface area (Å²) >= 11 is 9.12. The molecule has 0 aliphatic carbocycles. The summed E-state index contributed by atoms with van der Waals surface area (Å²) in [5.41, 5.74) is 2.62.